The van der Waals surface area contributed by atoms with Gasteiger partial charge in [0.1, 0.15) is 18.0 Å². The molecular weight excluding hydrogens is 502 g/mol. The number of fused-ring (bicyclic) bond motifs is 2. The number of aryl methyl sites for hydroxylation is 1. The molecular formula is C24H24N5O7S+. The van der Waals surface area contributed by atoms with Gasteiger partial charge in [-0.1, -0.05) is 18.3 Å². The Morgan fingerprint density at radius 1 is 1.32 bits per heavy atom. The van der Waals surface area contributed by atoms with Crippen LogP contribution in [0.1, 0.15) is 30.0 Å². The number of thiazole rings is 1. The van der Waals surface area contributed by atoms with Crippen molar-refractivity contribution < 1.29 is 33.6 Å². The van der Waals surface area contributed by atoms with Crippen LogP contribution in [0.5, 0.6) is 0 Å². The Bertz CT molecular complexity index is 1500. The number of esters is 1. The molecule has 12 nitrogen and oxygen atoms in total. The van der Waals surface area contributed by atoms with E-state index >= 15 is 0 Å². The third kappa shape index (κ3) is 3.78. The number of ether oxygens (including phenoxy) is 1. The number of amides is 2. The topological polar surface area (TPSA) is 162 Å². The van der Waals surface area contributed by atoms with Crippen molar-refractivity contribution in [1.29, 1.82) is 0 Å². The minimum Gasteiger partial charge on any atom is -0.456 e. The lowest BCUT2D eigenvalue weighted by atomic mass is 9.77. The molecule has 3 aromatic rings. The van der Waals surface area contributed by atoms with Crippen molar-refractivity contribution in [2.24, 2.45) is 17.6 Å². The number of primary amides is 1. The minimum atomic E-state index is -0.887. The number of imidazole rings is 1. The van der Waals surface area contributed by atoms with Crippen LogP contribution >= 0.6 is 11.3 Å². The fourth-order valence-corrected chi connectivity index (χ4v) is 6.47. The van der Waals surface area contributed by atoms with Crippen molar-refractivity contribution in [3.8, 4) is 0 Å². The van der Waals surface area contributed by atoms with E-state index < -0.39 is 35.0 Å². The summed E-state index contributed by atoms with van der Waals surface area (Å²) in [5, 5.41) is 21.1. The summed E-state index contributed by atoms with van der Waals surface area (Å²) in [5.41, 5.74) is 7.37. The molecule has 0 radical (unpaired) electrons. The molecule has 0 aliphatic carbocycles. The van der Waals surface area contributed by atoms with Gasteiger partial charge in [0.15, 0.2) is 6.20 Å². The molecule has 2 aliphatic rings. The second-order valence-electron chi connectivity index (χ2n) is 9.23. The van der Waals surface area contributed by atoms with Crippen LogP contribution in [0.25, 0.3) is 10.4 Å². The highest BCUT2D eigenvalue weighted by Gasteiger charge is 2.60. The zero-order valence-corrected chi connectivity index (χ0v) is 21.0. The second kappa shape index (κ2) is 8.78. The van der Waals surface area contributed by atoms with Gasteiger partial charge in [0, 0.05) is 23.6 Å². The number of hydrogen-bond donors (Lipinski definition) is 2. The van der Waals surface area contributed by atoms with E-state index in [9.17, 15) is 29.6 Å². The lowest BCUT2D eigenvalue weighted by molar-refractivity contribution is -0.515. The van der Waals surface area contributed by atoms with E-state index in [1.165, 1.54) is 45.1 Å². The number of rotatable bonds is 6. The maximum Gasteiger partial charge on any atom is 0.410 e. The molecule has 4 heterocycles. The number of aliphatic hydroxyl groups is 1. The quantitative estimate of drug-likeness (QED) is 0.162. The number of benzene rings is 1. The average molecular weight is 527 g/mol. The van der Waals surface area contributed by atoms with Gasteiger partial charge in [0.2, 0.25) is 10.7 Å². The zero-order chi connectivity index (χ0) is 26.8. The van der Waals surface area contributed by atoms with E-state index in [-0.39, 0.29) is 29.8 Å². The highest BCUT2D eigenvalue weighted by atomic mass is 32.1. The highest BCUT2D eigenvalue weighted by molar-refractivity contribution is 7.18. The van der Waals surface area contributed by atoms with Crippen molar-refractivity contribution in [3.63, 3.8) is 0 Å². The van der Waals surface area contributed by atoms with Crippen LogP contribution in [0.4, 0.5) is 10.5 Å². The predicted octanol–water partition coefficient (Wildman–Crippen LogP) is 1.74. The van der Waals surface area contributed by atoms with Gasteiger partial charge in [-0.15, -0.1) is 0 Å². The average Bonchev–Trinajstić information content (AvgIpc) is 3.47. The van der Waals surface area contributed by atoms with E-state index in [1.807, 2.05) is 13.8 Å². The van der Waals surface area contributed by atoms with Crippen molar-refractivity contribution in [3.05, 3.63) is 68.7 Å². The summed E-state index contributed by atoms with van der Waals surface area (Å²) in [6.07, 6.45) is 2.26. The molecule has 0 saturated carbocycles. The summed E-state index contributed by atoms with van der Waals surface area (Å²) in [7, 11) is 0. The van der Waals surface area contributed by atoms with Gasteiger partial charge in [-0.3, -0.25) is 14.9 Å². The lowest BCUT2D eigenvalue weighted by Crippen LogP contribution is -2.63. The van der Waals surface area contributed by atoms with Gasteiger partial charge in [-0.2, -0.15) is 8.97 Å². The number of carbonyl (C=O) groups is 3. The van der Waals surface area contributed by atoms with Gasteiger partial charge >= 0.3 is 12.0 Å². The first-order valence-electron chi connectivity index (χ1n) is 11.5. The summed E-state index contributed by atoms with van der Waals surface area (Å²) in [4.78, 5) is 51.3. The van der Waals surface area contributed by atoms with Crippen molar-refractivity contribution in [2.75, 3.05) is 0 Å². The first-order valence-corrected chi connectivity index (χ1v) is 12.3. The second-order valence-corrected chi connectivity index (χ2v) is 10.3. The lowest BCUT2D eigenvalue weighted by Gasteiger charge is -2.46. The van der Waals surface area contributed by atoms with Gasteiger partial charge < -0.3 is 20.5 Å². The van der Waals surface area contributed by atoms with Gasteiger partial charge in [-0.25, -0.2) is 9.59 Å². The van der Waals surface area contributed by atoms with E-state index in [1.54, 1.807) is 23.8 Å². The Morgan fingerprint density at radius 2 is 2.00 bits per heavy atom. The summed E-state index contributed by atoms with van der Waals surface area (Å²) in [5.74, 6) is -1.97. The highest BCUT2D eigenvalue weighted by Crippen LogP contribution is 2.52. The number of nitro groups is 1. The van der Waals surface area contributed by atoms with Crippen LogP contribution in [0.2, 0.25) is 0 Å². The molecule has 5 rings (SSSR count). The molecule has 192 valence electrons. The predicted molar refractivity (Wildman–Crippen MR) is 130 cm³/mol. The third-order valence-electron chi connectivity index (χ3n) is 7.00. The molecule has 13 heteroatoms. The van der Waals surface area contributed by atoms with Crippen molar-refractivity contribution in [1.82, 2.24) is 9.47 Å². The Hall–Kier alpha value is -4.10. The molecule has 4 atom stereocenters. The molecule has 2 aromatic heterocycles. The summed E-state index contributed by atoms with van der Waals surface area (Å²) in [6, 6.07) is 4.61. The molecule has 0 spiro atoms. The first kappa shape index (κ1) is 24.6. The molecule has 1 saturated heterocycles. The summed E-state index contributed by atoms with van der Waals surface area (Å²) < 4.78 is 8.61. The van der Waals surface area contributed by atoms with Crippen LogP contribution in [0, 0.1) is 28.9 Å². The van der Waals surface area contributed by atoms with Crippen molar-refractivity contribution in [2.45, 2.75) is 39.5 Å². The number of aromatic nitrogens is 2. The molecule has 2 amide bonds. The van der Waals surface area contributed by atoms with E-state index in [0.29, 0.717) is 11.1 Å². The number of hydrogen-bond acceptors (Lipinski definition) is 8. The normalized spacial score (nSPS) is 21.7. The van der Waals surface area contributed by atoms with Crippen LogP contribution in [0.15, 0.2) is 42.5 Å². The molecule has 1 aromatic carbocycles. The van der Waals surface area contributed by atoms with Gasteiger partial charge in [0.05, 0.1) is 27.9 Å². The number of nitrogens with two attached hydrogens (primary N) is 1. The Kier molecular flexibility index (Phi) is 5.83. The first-order chi connectivity index (χ1) is 17.5. The Balaban J connectivity index is 1.53. The molecule has 3 N–H and O–H groups in total. The number of nitrogens with zero attached hydrogens (tertiary/aromatic N) is 4. The largest absolute Gasteiger partial charge is 0.456 e. The SMILES string of the molecule is Cc1c(C2=C(C(=O)OCc3ccc([N+](=O)[O-])cc3)N3C(=O)[C@H]([C@@H](C)O)[C@H]3[C@H]2C)sc2cn(C(N)=O)c[n+]12. The molecule has 0 bridgehead atoms. The molecule has 1 fully saturated rings. The smallest absolute Gasteiger partial charge is 0.410 e. The summed E-state index contributed by atoms with van der Waals surface area (Å²) in [6.45, 7) is 5.16. The Morgan fingerprint density at radius 3 is 2.57 bits per heavy atom. The standard InChI is InChI=1S/C24H23N5O7S/c1-11-17(21-12(2)27-10-26(24(25)33)8-16(27)37-21)20(28-19(11)18(13(3)30)22(28)31)23(32)36-9-14-4-6-15(7-5-14)29(34)35/h4-8,10-11,13,18-19,30H,9H2,1-3H3,(H-,25,33)/p+1/t11-,13+,18+,19+/m0/s1. The number of carbonyl (C=O) groups excluding carboxylic acids is 3. The van der Waals surface area contributed by atoms with Gasteiger partial charge in [-0.05, 0) is 31.5 Å². The number of β-lactam (4-membered cyclic amide) rings is 1. The number of aliphatic hydroxyl groups excluding tert-OH is 1. The van der Waals surface area contributed by atoms with E-state index in [4.69, 9.17) is 10.5 Å². The van der Waals surface area contributed by atoms with E-state index in [0.717, 1.165) is 15.4 Å². The molecule has 2 aliphatic heterocycles. The molecule has 0 unspecified atom stereocenters. The molecule has 37 heavy (non-hydrogen) atoms. The van der Waals surface area contributed by atoms with Crippen LogP contribution in [0.3, 0.4) is 0 Å². The Labute approximate surface area is 214 Å². The van der Waals surface area contributed by atoms with Crippen LogP contribution < -0.4 is 10.1 Å². The maximum absolute atomic E-state index is 13.4. The fourth-order valence-electron chi connectivity index (χ4n) is 5.17. The monoisotopic (exact) mass is 526 g/mol. The maximum atomic E-state index is 13.4. The van der Waals surface area contributed by atoms with Crippen LogP contribution in [-0.4, -0.2) is 49.6 Å². The summed E-state index contributed by atoms with van der Waals surface area (Å²) >= 11 is 1.35. The van der Waals surface area contributed by atoms with Crippen molar-refractivity contribution >= 4 is 45.3 Å². The van der Waals surface area contributed by atoms with Gasteiger partial charge in [0.25, 0.3) is 12.0 Å². The zero-order valence-electron chi connectivity index (χ0n) is 20.2. The number of nitro benzene ring substituents is 1. The number of non-ortho nitro benzene ring substituents is 1. The van der Waals surface area contributed by atoms with Crippen LogP contribution in [-0.2, 0) is 20.9 Å². The minimum absolute atomic E-state index is 0.0786. The third-order valence-corrected chi connectivity index (χ3v) is 8.24. The fraction of sp³-hybridized carbons (Fsp3) is 0.333. The van der Waals surface area contributed by atoms with E-state index in [2.05, 4.69) is 0 Å².